The molecule has 0 aliphatic heterocycles. The van der Waals surface area contributed by atoms with E-state index in [4.69, 9.17) is 0 Å². The molecule has 1 N–H and O–H groups in total. The predicted octanol–water partition coefficient (Wildman–Crippen LogP) is 3.79. The first-order chi connectivity index (χ1) is 14.5. The lowest BCUT2D eigenvalue weighted by Crippen LogP contribution is -2.15. The van der Waals surface area contributed by atoms with E-state index in [0.29, 0.717) is 34.3 Å². The number of ether oxygens (including phenoxy) is 1. The van der Waals surface area contributed by atoms with Crippen LogP contribution >= 0.6 is 11.8 Å². The topological polar surface area (TPSA) is 86.1 Å². The number of anilines is 1. The Balaban J connectivity index is 1.71. The maximum Gasteiger partial charge on any atom is 0.337 e. The number of carbonyl (C=O) groups excluding carboxylic acids is 2. The van der Waals surface area contributed by atoms with Crippen LogP contribution < -0.4 is 5.32 Å². The van der Waals surface area contributed by atoms with Crippen LogP contribution in [0.2, 0.25) is 0 Å². The molecule has 1 heterocycles. The summed E-state index contributed by atoms with van der Waals surface area (Å²) in [7, 11) is 1.29. The Bertz CT molecular complexity index is 1080. The highest BCUT2D eigenvalue weighted by molar-refractivity contribution is 7.99. The summed E-state index contributed by atoms with van der Waals surface area (Å²) in [5, 5.41) is 11.4. The number of thioether (sulfide) groups is 1. The van der Waals surface area contributed by atoms with Crippen molar-refractivity contribution in [2.24, 2.45) is 0 Å². The van der Waals surface area contributed by atoms with Crippen LogP contribution in [0.15, 0.2) is 66.3 Å². The minimum Gasteiger partial charge on any atom is -0.465 e. The first kappa shape index (κ1) is 21.3. The molecule has 9 heteroatoms. The van der Waals surface area contributed by atoms with Gasteiger partial charge in [0.2, 0.25) is 5.91 Å². The van der Waals surface area contributed by atoms with Gasteiger partial charge in [-0.05, 0) is 30.3 Å². The number of nitrogens with one attached hydrogen (secondary N) is 1. The SMILES string of the molecule is C=CCn1c(SCC(=O)Nc2cccc(C(=O)OC)c2)nnc1-c1ccccc1F. The van der Waals surface area contributed by atoms with Crippen molar-refractivity contribution in [3.8, 4) is 11.4 Å². The van der Waals surface area contributed by atoms with Gasteiger partial charge in [0.25, 0.3) is 0 Å². The zero-order valence-corrected chi connectivity index (χ0v) is 17.0. The van der Waals surface area contributed by atoms with Crippen molar-refractivity contribution >= 4 is 29.3 Å². The van der Waals surface area contributed by atoms with E-state index in [9.17, 15) is 14.0 Å². The van der Waals surface area contributed by atoms with E-state index in [0.717, 1.165) is 0 Å². The highest BCUT2D eigenvalue weighted by Gasteiger charge is 2.17. The highest BCUT2D eigenvalue weighted by Crippen LogP contribution is 2.26. The number of nitrogens with zero attached hydrogens (tertiary/aromatic N) is 3. The number of amides is 1. The van der Waals surface area contributed by atoms with Gasteiger partial charge in [-0.2, -0.15) is 0 Å². The fourth-order valence-corrected chi connectivity index (χ4v) is 3.45. The summed E-state index contributed by atoms with van der Waals surface area (Å²) < 4.78 is 20.5. The van der Waals surface area contributed by atoms with E-state index >= 15 is 0 Å². The van der Waals surface area contributed by atoms with E-state index in [-0.39, 0.29) is 11.7 Å². The van der Waals surface area contributed by atoms with Crippen molar-refractivity contribution in [1.82, 2.24) is 14.8 Å². The molecule has 1 aromatic heterocycles. The molecule has 0 aliphatic rings. The highest BCUT2D eigenvalue weighted by atomic mass is 32.2. The van der Waals surface area contributed by atoms with E-state index < -0.39 is 11.8 Å². The second-order valence-electron chi connectivity index (χ2n) is 6.09. The molecular formula is C21H19FN4O3S. The van der Waals surface area contributed by atoms with Gasteiger partial charge in [0, 0.05) is 12.2 Å². The predicted molar refractivity (Wildman–Crippen MR) is 113 cm³/mol. The van der Waals surface area contributed by atoms with Gasteiger partial charge < -0.3 is 10.1 Å². The third-order valence-electron chi connectivity index (χ3n) is 4.04. The second-order valence-corrected chi connectivity index (χ2v) is 7.04. The van der Waals surface area contributed by atoms with Crippen molar-refractivity contribution in [3.05, 3.63) is 72.6 Å². The largest absolute Gasteiger partial charge is 0.465 e. The van der Waals surface area contributed by atoms with Gasteiger partial charge >= 0.3 is 5.97 Å². The molecular weight excluding hydrogens is 407 g/mol. The van der Waals surface area contributed by atoms with Crippen LogP contribution in [-0.4, -0.2) is 39.5 Å². The van der Waals surface area contributed by atoms with Gasteiger partial charge in [-0.15, -0.1) is 16.8 Å². The Hall–Kier alpha value is -3.46. The van der Waals surface area contributed by atoms with Crippen LogP contribution in [0.5, 0.6) is 0 Å². The second kappa shape index (κ2) is 9.84. The summed E-state index contributed by atoms with van der Waals surface area (Å²) >= 11 is 1.17. The van der Waals surface area contributed by atoms with Crippen LogP contribution in [0.3, 0.4) is 0 Å². The number of allylic oxidation sites excluding steroid dienone is 1. The summed E-state index contributed by atoms with van der Waals surface area (Å²) in [5.41, 5.74) is 1.13. The van der Waals surface area contributed by atoms with Gasteiger partial charge in [-0.1, -0.05) is 36.0 Å². The molecule has 3 aromatic rings. The van der Waals surface area contributed by atoms with Crippen molar-refractivity contribution in [3.63, 3.8) is 0 Å². The van der Waals surface area contributed by atoms with Crippen LogP contribution in [0, 0.1) is 5.82 Å². The Morgan fingerprint density at radius 1 is 1.23 bits per heavy atom. The van der Waals surface area contributed by atoms with E-state index in [1.165, 1.54) is 31.0 Å². The summed E-state index contributed by atoms with van der Waals surface area (Å²) in [4.78, 5) is 24.0. The lowest BCUT2D eigenvalue weighted by molar-refractivity contribution is -0.113. The van der Waals surface area contributed by atoms with Gasteiger partial charge in [-0.3, -0.25) is 9.36 Å². The Labute approximate surface area is 177 Å². The van der Waals surface area contributed by atoms with Crippen LogP contribution in [0.1, 0.15) is 10.4 Å². The van der Waals surface area contributed by atoms with Gasteiger partial charge in [0.1, 0.15) is 5.82 Å². The number of benzene rings is 2. The molecule has 30 heavy (non-hydrogen) atoms. The number of esters is 1. The fourth-order valence-electron chi connectivity index (χ4n) is 2.70. The van der Waals surface area contributed by atoms with Crippen molar-refractivity contribution in [1.29, 1.82) is 0 Å². The number of aromatic nitrogens is 3. The Morgan fingerprint density at radius 3 is 2.77 bits per heavy atom. The molecule has 0 saturated carbocycles. The molecule has 0 radical (unpaired) electrons. The minimum atomic E-state index is -0.487. The average Bonchev–Trinajstić information content (AvgIpc) is 3.15. The lowest BCUT2D eigenvalue weighted by atomic mass is 10.2. The van der Waals surface area contributed by atoms with E-state index in [1.54, 1.807) is 47.0 Å². The average molecular weight is 426 g/mol. The zero-order valence-electron chi connectivity index (χ0n) is 16.2. The van der Waals surface area contributed by atoms with Crippen LogP contribution in [0.4, 0.5) is 10.1 Å². The molecule has 1 amide bonds. The zero-order chi connectivity index (χ0) is 21.5. The van der Waals surface area contributed by atoms with Crippen molar-refractivity contribution in [2.75, 3.05) is 18.2 Å². The standard InChI is InChI=1S/C21H19FN4O3S/c1-3-11-26-19(16-9-4-5-10-17(16)22)24-25-21(26)30-13-18(27)23-15-8-6-7-14(12-15)20(28)29-2/h3-10,12H,1,11,13H2,2H3,(H,23,27). The van der Waals surface area contributed by atoms with Crippen molar-refractivity contribution in [2.45, 2.75) is 11.7 Å². The van der Waals surface area contributed by atoms with E-state index in [2.05, 4.69) is 26.8 Å². The Kier molecular flexibility index (Phi) is 6.97. The third kappa shape index (κ3) is 4.93. The van der Waals surface area contributed by atoms with Gasteiger partial charge in [-0.25, -0.2) is 9.18 Å². The number of hydrogen-bond donors (Lipinski definition) is 1. The lowest BCUT2D eigenvalue weighted by Gasteiger charge is -2.09. The molecule has 0 unspecified atom stereocenters. The maximum absolute atomic E-state index is 14.2. The fraction of sp³-hybridized carbons (Fsp3) is 0.143. The number of halogens is 1. The molecule has 2 aromatic carbocycles. The monoisotopic (exact) mass is 426 g/mol. The van der Waals surface area contributed by atoms with Crippen LogP contribution in [0.25, 0.3) is 11.4 Å². The molecule has 0 bridgehead atoms. The number of hydrogen-bond acceptors (Lipinski definition) is 6. The summed E-state index contributed by atoms with van der Waals surface area (Å²) in [5.74, 6) is -0.771. The first-order valence-electron chi connectivity index (χ1n) is 8.93. The quantitative estimate of drug-likeness (QED) is 0.335. The Morgan fingerprint density at radius 2 is 2.03 bits per heavy atom. The third-order valence-corrected chi connectivity index (χ3v) is 5.01. The molecule has 3 rings (SSSR count). The van der Waals surface area contributed by atoms with Crippen LogP contribution in [-0.2, 0) is 16.1 Å². The smallest absolute Gasteiger partial charge is 0.337 e. The molecule has 0 aliphatic carbocycles. The van der Waals surface area contributed by atoms with Gasteiger partial charge in [0.15, 0.2) is 11.0 Å². The molecule has 0 atom stereocenters. The molecule has 0 saturated heterocycles. The number of carbonyl (C=O) groups is 2. The first-order valence-corrected chi connectivity index (χ1v) is 9.92. The minimum absolute atomic E-state index is 0.0506. The summed E-state index contributed by atoms with van der Waals surface area (Å²) in [6.07, 6.45) is 1.65. The molecule has 7 nitrogen and oxygen atoms in total. The number of methoxy groups -OCH3 is 1. The maximum atomic E-state index is 14.2. The summed E-state index contributed by atoms with van der Waals surface area (Å²) in [6, 6.07) is 12.7. The normalized spacial score (nSPS) is 10.5. The van der Waals surface area contributed by atoms with Gasteiger partial charge in [0.05, 0.1) is 24.0 Å². The molecule has 154 valence electrons. The summed E-state index contributed by atoms with van der Waals surface area (Å²) in [6.45, 7) is 4.08. The van der Waals surface area contributed by atoms with E-state index in [1.807, 2.05) is 0 Å². The van der Waals surface area contributed by atoms with Crippen molar-refractivity contribution < 1.29 is 18.7 Å². The number of rotatable bonds is 8. The molecule has 0 fully saturated rings. The molecule has 0 spiro atoms.